The molecule has 0 radical (unpaired) electrons. The molecule has 1 saturated heterocycles. The fourth-order valence-electron chi connectivity index (χ4n) is 2.79. The second-order valence-electron chi connectivity index (χ2n) is 7.26. The Morgan fingerprint density at radius 1 is 1.13 bits per heavy atom. The maximum Gasteiger partial charge on any atom is 0.326 e. The monoisotopic (exact) mass is 329 g/mol. The third-order valence-electron chi connectivity index (χ3n) is 4.33. The van der Waals surface area contributed by atoms with Crippen LogP contribution in [-0.2, 0) is 9.59 Å². The molecule has 1 rings (SSSR count). The molecule has 7 nitrogen and oxygen atoms in total. The Balaban J connectivity index is 2.54. The minimum atomic E-state index is -0.998. The quantitative estimate of drug-likeness (QED) is 0.573. The van der Waals surface area contributed by atoms with Crippen LogP contribution in [-0.4, -0.2) is 83.8 Å². The van der Waals surface area contributed by atoms with Crippen LogP contribution in [0.25, 0.3) is 0 Å². The van der Waals surface area contributed by atoms with Gasteiger partial charge in [-0.1, -0.05) is 13.8 Å². The number of carbonyl (C=O) groups is 2. The maximum absolute atomic E-state index is 12.5. The standard InChI is InChI=1S/C16H31N3O4/c1-12(2)13(14(21)22)17-15(23)16(3,4)11-19-7-5-18(6-8-19)9-10-20/h12-13,20H,5-11H2,1-4H3,(H,17,23)(H,21,22). The van der Waals surface area contributed by atoms with Crippen molar-refractivity contribution in [2.24, 2.45) is 11.3 Å². The summed E-state index contributed by atoms with van der Waals surface area (Å²) in [6, 6.07) is -0.858. The van der Waals surface area contributed by atoms with Gasteiger partial charge >= 0.3 is 5.97 Å². The summed E-state index contributed by atoms with van der Waals surface area (Å²) in [5.41, 5.74) is -0.651. The third kappa shape index (κ3) is 6.08. The van der Waals surface area contributed by atoms with Crippen molar-refractivity contribution in [2.45, 2.75) is 33.7 Å². The molecule has 3 N–H and O–H groups in total. The SMILES string of the molecule is CC(C)C(NC(=O)C(C)(C)CN1CCN(CCO)CC1)C(=O)O. The molecule has 0 aromatic carbocycles. The molecule has 1 amide bonds. The molecule has 1 aliphatic heterocycles. The number of rotatable bonds is 8. The van der Waals surface area contributed by atoms with Crippen LogP contribution in [0, 0.1) is 11.3 Å². The summed E-state index contributed by atoms with van der Waals surface area (Å²) in [7, 11) is 0. The molecule has 0 aromatic heterocycles. The summed E-state index contributed by atoms with van der Waals surface area (Å²) < 4.78 is 0. The van der Waals surface area contributed by atoms with Crippen LogP contribution in [0.1, 0.15) is 27.7 Å². The molecule has 0 spiro atoms. The number of nitrogens with one attached hydrogen (secondary N) is 1. The smallest absolute Gasteiger partial charge is 0.326 e. The third-order valence-corrected chi connectivity index (χ3v) is 4.33. The summed E-state index contributed by atoms with van der Waals surface area (Å²) >= 11 is 0. The number of aliphatic hydroxyl groups is 1. The largest absolute Gasteiger partial charge is 0.480 e. The summed E-state index contributed by atoms with van der Waals surface area (Å²) in [6.45, 7) is 12.2. The van der Waals surface area contributed by atoms with E-state index in [1.807, 2.05) is 13.8 Å². The molecule has 1 heterocycles. The second kappa shape index (κ2) is 8.61. The van der Waals surface area contributed by atoms with Gasteiger partial charge in [0.2, 0.25) is 5.91 Å². The van der Waals surface area contributed by atoms with E-state index in [9.17, 15) is 14.7 Å². The highest BCUT2D eigenvalue weighted by atomic mass is 16.4. The number of carboxylic acid groups (broad SMARTS) is 1. The molecule has 1 aliphatic rings. The van der Waals surface area contributed by atoms with Crippen molar-refractivity contribution in [3.05, 3.63) is 0 Å². The molecule has 7 heteroatoms. The van der Waals surface area contributed by atoms with Gasteiger partial charge in [-0.15, -0.1) is 0 Å². The number of hydrogen-bond donors (Lipinski definition) is 3. The topological polar surface area (TPSA) is 93.1 Å². The number of hydrogen-bond acceptors (Lipinski definition) is 5. The first kappa shape index (κ1) is 19.9. The first-order valence-electron chi connectivity index (χ1n) is 8.26. The van der Waals surface area contributed by atoms with E-state index in [1.165, 1.54) is 0 Å². The number of piperazine rings is 1. The molecular weight excluding hydrogens is 298 g/mol. The number of nitrogens with zero attached hydrogens (tertiary/aromatic N) is 2. The number of amides is 1. The lowest BCUT2D eigenvalue weighted by molar-refractivity contribution is -0.145. The van der Waals surface area contributed by atoms with Crippen molar-refractivity contribution in [3.63, 3.8) is 0 Å². The van der Waals surface area contributed by atoms with E-state index in [-0.39, 0.29) is 18.4 Å². The van der Waals surface area contributed by atoms with E-state index in [0.717, 1.165) is 26.2 Å². The van der Waals surface area contributed by atoms with Gasteiger partial charge in [0.15, 0.2) is 0 Å². The van der Waals surface area contributed by atoms with E-state index < -0.39 is 17.4 Å². The number of carboxylic acids is 1. The summed E-state index contributed by atoms with van der Waals surface area (Å²) in [5, 5.41) is 20.8. The van der Waals surface area contributed by atoms with Gasteiger partial charge in [0.05, 0.1) is 12.0 Å². The van der Waals surface area contributed by atoms with Crippen LogP contribution in [0.15, 0.2) is 0 Å². The highest BCUT2D eigenvalue weighted by Gasteiger charge is 2.34. The van der Waals surface area contributed by atoms with Gasteiger partial charge in [-0.3, -0.25) is 14.6 Å². The van der Waals surface area contributed by atoms with Crippen LogP contribution >= 0.6 is 0 Å². The zero-order valence-corrected chi connectivity index (χ0v) is 14.7. The lowest BCUT2D eigenvalue weighted by Crippen LogP contribution is -2.54. The average molecular weight is 329 g/mol. The normalized spacial score (nSPS) is 18.9. The first-order valence-corrected chi connectivity index (χ1v) is 8.26. The zero-order chi connectivity index (χ0) is 17.6. The second-order valence-corrected chi connectivity index (χ2v) is 7.26. The van der Waals surface area contributed by atoms with Crippen LogP contribution in [0.4, 0.5) is 0 Å². The van der Waals surface area contributed by atoms with E-state index in [2.05, 4.69) is 15.1 Å². The molecule has 23 heavy (non-hydrogen) atoms. The van der Waals surface area contributed by atoms with E-state index >= 15 is 0 Å². The van der Waals surface area contributed by atoms with Crippen molar-refractivity contribution in [1.29, 1.82) is 0 Å². The van der Waals surface area contributed by atoms with Crippen LogP contribution < -0.4 is 5.32 Å². The Morgan fingerprint density at radius 2 is 1.65 bits per heavy atom. The average Bonchev–Trinajstić information content (AvgIpc) is 2.45. The Morgan fingerprint density at radius 3 is 2.09 bits per heavy atom. The van der Waals surface area contributed by atoms with Gasteiger partial charge in [0.1, 0.15) is 6.04 Å². The fourth-order valence-corrected chi connectivity index (χ4v) is 2.79. The van der Waals surface area contributed by atoms with E-state index in [4.69, 9.17) is 5.11 Å². The van der Waals surface area contributed by atoms with Crippen molar-refractivity contribution < 1.29 is 19.8 Å². The van der Waals surface area contributed by atoms with E-state index in [0.29, 0.717) is 13.1 Å². The fraction of sp³-hybridized carbons (Fsp3) is 0.875. The summed E-state index contributed by atoms with van der Waals surface area (Å²) in [5.74, 6) is -1.38. The molecule has 0 aliphatic carbocycles. The molecule has 0 bridgehead atoms. The highest BCUT2D eigenvalue weighted by molar-refractivity contribution is 5.87. The number of aliphatic carboxylic acids is 1. The van der Waals surface area contributed by atoms with Gasteiger partial charge in [0, 0.05) is 39.3 Å². The number of aliphatic hydroxyl groups excluding tert-OH is 1. The lowest BCUT2D eigenvalue weighted by atomic mass is 9.90. The molecule has 0 saturated carbocycles. The zero-order valence-electron chi connectivity index (χ0n) is 14.7. The Kier molecular flexibility index (Phi) is 7.44. The Hall–Kier alpha value is -1.18. The van der Waals surface area contributed by atoms with Crippen LogP contribution in [0.2, 0.25) is 0 Å². The van der Waals surface area contributed by atoms with Gasteiger partial charge in [-0.2, -0.15) is 0 Å². The summed E-state index contributed by atoms with van der Waals surface area (Å²) in [6.07, 6.45) is 0. The van der Waals surface area contributed by atoms with Crippen molar-refractivity contribution >= 4 is 11.9 Å². The van der Waals surface area contributed by atoms with Crippen molar-refractivity contribution in [2.75, 3.05) is 45.9 Å². The maximum atomic E-state index is 12.5. The van der Waals surface area contributed by atoms with Gasteiger partial charge in [-0.25, -0.2) is 4.79 Å². The lowest BCUT2D eigenvalue weighted by Gasteiger charge is -2.38. The summed E-state index contributed by atoms with van der Waals surface area (Å²) in [4.78, 5) is 28.1. The van der Waals surface area contributed by atoms with Crippen LogP contribution in [0.3, 0.4) is 0 Å². The first-order chi connectivity index (χ1) is 10.7. The van der Waals surface area contributed by atoms with Crippen molar-refractivity contribution in [1.82, 2.24) is 15.1 Å². The minimum Gasteiger partial charge on any atom is -0.480 e. The minimum absolute atomic E-state index is 0.158. The Bertz CT molecular complexity index is 404. The number of carbonyl (C=O) groups excluding carboxylic acids is 1. The number of β-amino-alcohol motifs (C(OH)–C–C–N with tert-alkyl or cyclic N) is 1. The van der Waals surface area contributed by atoms with Gasteiger partial charge in [0.25, 0.3) is 0 Å². The predicted octanol–water partition coefficient (Wildman–Crippen LogP) is -0.152. The highest BCUT2D eigenvalue weighted by Crippen LogP contribution is 2.19. The van der Waals surface area contributed by atoms with E-state index in [1.54, 1.807) is 13.8 Å². The van der Waals surface area contributed by atoms with Crippen molar-refractivity contribution in [3.8, 4) is 0 Å². The molecule has 1 fully saturated rings. The van der Waals surface area contributed by atoms with Crippen LogP contribution in [0.5, 0.6) is 0 Å². The molecule has 134 valence electrons. The Labute approximate surface area is 138 Å². The molecule has 1 unspecified atom stereocenters. The molecule has 1 atom stereocenters. The molecule has 0 aromatic rings. The van der Waals surface area contributed by atoms with Gasteiger partial charge in [-0.05, 0) is 19.8 Å². The van der Waals surface area contributed by atoms with Gasteiger partial charge < -0.3 is 15.5 Å². The predicted molar refractivity (Wildman–Crippen MR) is 88.2 cm³/mol. The molecular formula is C16H31N3O4.